The largest absolute Gasteiger partial charge is 0.326 e. The summed E-state index contributed by atoms with van der Waals surface area (Å²) in [6.45, 7) is 2.94. The summed E-state index contributed by atoms with van der Waals surface area (Å²) in [5.74, 6) is 0.903. The number of aromatic nitrogens is 2. The Morgan fingerprint density at radius 3 is 2.60 bits per heavy atom. The van der Waals surface area contributed by atoms with Crippen LogP contribution >= 0.6 is 11.6 Å². The Labute approximate surface area is 122 Å². The second-order valence-electron chi connectivity index (χ2n) is 4.44. The molecule has 3 nitrogen and oxygen atoms in total. The molecule has 2 aromatic carbocycles. The van der Waals surface area contributed by atoms with Crippen molar-refractivity contribution >= 4 is 34.0 Å². The summed E-state index contributed by atoms with van der Waals surface area (Å²) in [6, 6.07) is 15.9. The van der Waals surface area contributed by atoms with Crippen LogP contribution in [0.15, 0.2) is 54.9 Å². The second-order valence-corrected chi connectivity index (χ2v) is 4.87. The minimum Gasteiger partial charge on any atom is -0.326 e. The highest BCUT2D eigenvalue weighted by Crippen LogP contribution is 2.30. The van der Waals surface area contributed by atoms with Gasteiger partial charge in [-0.3, -0.25) is 0 Å². The number of halogens is 1. The van der Waals surface area contributed by atoms with Gasteiger partial charge in [-0.15, -0.1) is 0 Å². The van der Waals surface area contributed by atoms with E-state index in [2.05, 4.69) is 33.9 Å². The fourth-order valence-corrected chi connectivity index (χ4v) is 2.46. The van der Waals surface area contributed by atoms with Crippen LogP contribution in [-0.4, -0.2) is 16.5 Å². The van der Waals surface area contributed by atoms with E-state index in [9.17, 15) is 0 Å². The van der Waals surface area contributed by atoms with Crippen LogP contribution in [0.4, 0.5) is 11.5 Å². The molecule has 0 radical (unpaired) electrons. The first kappa shape index (κ1) is 12.9. The molecule has 0 fully saturated rings. The molecule has 1 heterocycles. The zero-order chi connectivity index (χ0) is 13.9. The molecule has 1 aromatic heterocycles. The Morgan fingerprint density at radius 2 is 1.85 bits per heavy atom. The quantitative estimate of drug-likeness (QED) is 0.711. The van der Waals surface area contributed by atoms with Crippen LogP contribution in [0.1, 0.15) is 6.92 Å². The van der Waals surface area contributed by atoms with E-state index in [0.29, 0.717) is 5.02 Å². The highest BCUT2D eigenvalue weighted by atomic mass is 35.5. The van der Waals surface area contributed by atoms with E-state index in [4.69, 9.17) is 11.6 Å². The Kier molecular flexibility index (Phi) is 3.52. The van der Waals surface area contributed by atoms with Gasteiger partial charge in [-0.2, -0.15) is 0 Å². The second kappa shape index (κ2) is 5.47. The summed E-state index contributed by atoms with van der Waals surface area (Å²) in [6.07, 6.45) is 1.58. The first-order chi connectivity index (χ1) is 9.79. The van der Waals surface area contributed by atoms with Crippen molar-refractivity contribution in [1.29, 1.82) is 0 Å². The van der Waals surface area contributed by atoms with Gasteiger partial charge in [0.25, 0.3) is 0 Å². The van der Waals surface area contributed by atoms with Crippen molar-refractivity contribution in [2.75, 3.05) is 11.4 Å². The molecule has 0 unspecified atom stereocenters. The van der Waals surface area contributed by atoms with Crippen LogP contribution in [0, 0.1) is 0 Å². The molecule has 4 heteroatoms. The van der Waals surface area contributed by atoms with Crippen LogP contribution in [0.2, 0.25) is 5.02 Å². The van der Waals surface area contributed by atoms with Crippen molar-refractivity contribution in [2.24, 2.45) is 0 Å². The molecule has 0 saturated carbocycles. The molecule has 0 aliphatic carbocycles. The van der Waals surface area contributed by atoms with Gasteiger partial charge in [0, 0.05) is 22.6 Å². The molecule has 0 aliphatic rings. The van der Waals surface area contributed by atoms with Crippen LogP contribution in [0.25, 0.3) is 10.9 Å². The third-order valence-corrected chi connectivity index (χ3v) is 3.45. The summed E-state index contributed by atoms with van der Waals surface area (Å²) < 4.78 is 0. The average molecular weight is 284 g/mol. The number of rotatable bonds is 3. The Balaban J connectivity index is 2.17. The van der Waals surface area contributed by atoms with E-state index in [0.717, 1.165) is 29.0 Å². The molecule has 0 amide bonds. The smallest absolute Gasteiger partial charge is 0.144 e. The molecule has 100 valence electrons. The predicted octanol–water partition coefficient (Wildman–Crippen LogP) is 4.44. The highest BCUT2D eigenvalue weighted by Gasteiger charge is 2.12. The first-order valence-electron chi connectivity index (χ1n) is 6.52. The molecule has 0 saturated heterocycles. The molecule has 0 atom stereocenters. The molecule has 0 spiro atoms. The Hall–Kier alpha value is -2.13. The number of benzene rings is 2. The monoisotopic (exact) mass is 283 g/mol. The topological polar surface area (TPSA) is 29.0 Å². The maximum absolute atomic E-state index is 6.03. The summed E-state index contributed by atoms with van der Waals surface area (Å²) >= 11 is 6.03. The lowest BCUT2D eigenvalue weighted by molar-refractivity contribution is 0.990. The van der Waals surface area contributed by atoms with Crippen LogP contribution < -0.4 is 4.90 Å². The zero-order valence-electron chi connectivity index (χ0n) is 11.1. The SMILES string of the molecule is CCN(c1ccccc1)c1ncnc2cc(Cl)ccc12. The van der Waals surface area contributed by atoms with Gasteiger partial charge in [0.1, 0.15) is 12.1 Å². The lowest BCUT2D eigenvalue weighted by Gasteiger charge is -2.23. The fraction of sp³-hybridized carbons (Fsp3) is 0.125. The molecular weight excluding hydrogens is 270 g/mol. The van der Waals surface area contributed by atoms with Gasteiger partial charge in [0.15, 0.2) is 0 Å². The van der Waals surface area contributed by atoms with Crippen molar-refractivity contribution in [3.05, 3.63) is 59.9 Å². The van der Waals surface area contributed by atoms with Gasteiger partial charge in [0.05, 0.1) is 5.52 Å². The summed E-state index contributed by atoms with van der Waals surface area (Å²) in [5, 5.41) is 1.69. The highest BCUT2D eigenvalue weighted by molar-refractivity contribution is 6.31. The standard InChI is InChI=1S/C16H14ClN3/c1-2-20(13-6-4-3-5-7-13)16-14-9-8-12(17)10-15(14)18-11-19-16/h3-11H,2H2,1H3. The first-order valence-corrected chi connectivity index (χ1v) is 6.90. The Morgan fingerprint density at radius 1 is 1.05 bits per heavy atom. The van der Waals surface area contributed by atoms with Crippen LogP contribution in [0.5, 0.6) is 0 Å². The predicted molar refractivity (Wildman–Crippen MR) is 83.7 cm³/mol. The van der Waals surface area contributed by atoms with Crippen LogP contribution in [0.3, 0.4) is 0 Å². The van der Waals surface area contributed by atoms with Gasteiger partial charge in [-0.05, 0) is 37.3 Å². The average Bonchev–Trinajstić information content (AvgIpc) is 2.49. The maximum Gasteiger partial charge on any atom is 0.144 e. The normalized spacial score (nSPS) is 10.7. The number of para-hydroxylation sites is 1. The summed E-state index contributed by atoms with van der Waals surface area (Å²) in [5.41, 5.74) is 1.97. The van der Waals surface area contributed by atoms with Crippen LogP contribution in [-0.2, 0) is 0 Å². The van der Waals surface area contributed by atoms with E-state index >= 15 is 0 Å². The van der Waals surface area contributed by atoms with Gasteiger partial charge >= 0.3 is 0 Å². The Bertz CT molecular complexity index is 728. The van der Waals surface area contributed by atoms with Crippen molar-refractivity contribution in [3.63, 3.8) is 0 Å². The van der Waals surface area contributed by atoms with Crippen molar-refractivity contribution in [1.82, 2.24) is 9.97 Å². The molecular formula is C16H14ClN3. The van der Waals surface area contributed by atoms with Gasteiger partial charge in [-0.25, -0.2) is 9.97 Å². The van der Waals surface area contributed by atoms with E-state index in [1.807, 2.05) is 36.4 Å². The molecule has 0 aliphatic heterocycles. The molecule has 3 rings (SSSR count). The number of hydrogen-bond donors (Lipinski definition) is 0. The zero-order valence-corrected chi connectivity index (χ0v) is 11.9. The minimum absolute atomic E-state index is 0.685. The minimum atomic E-state index is 0.685. The lowest BCUT2D eigenvalue weighted by Crippen LogP contribution is -2.17. The maximum atomic E-state index is 6.03. The van der Waals surface area contributed by atoms with Crippen molar-refractivity contribution in [2.45, 2.75) is 6.92 Å². The summed E-state index contributed by atoms with van der Waals surface area (Å²) in [7, 11) is 0. The van der Waals surface area contributed by atoms with Crippen molar-refractivity contribution in [3.8, 4) is 0 Å². The third-order valence-electron chi connectivity index (χ3n) is 3.22. The number of fused-ring (bicyclic) bond motifs is 1. The number of anilines is 2. The van der Waals surface area contributed by atoms with Gasteiger partial charge in [0.2, 0.25) is 0 Å². The molecule has 0 bridgehead atoms. The third kappa shape index (κ3) is 2.32. The van der Waals surface area contributed by atoms with E-state index in [1.165, 1.54) is 0 Å². The van der Waals surface area contributed by atoms with E-state index in [-0.39, 0.29) is 0 Å². The molecule has 3 aromatic rings. The van der Waals surface area contributed by atoms with E-state index in [1.54, 1.807) is 6.33 Å². The lowest BCUT2D eigenvalue weighted by atomic mass is 10.2. The molecule has 20 heavy (non-hydrogen) atoms. The fourth-order valence-electron chi connectivity index (χ4n) is 2.29. The number of hydrogen-bond acceptors (Lipinski definition) is 3. The van der Waals surface area contributed by atoms with Gasteiger partial charge in [-0.1, -0.05) is 29.8 Å². The molecule has 0 N–H and O–H groups in total. The van der Waals surface area contributed by atoms with Gasteiger partial charge < -0.3 is 4.90 Å². The number of nitrogens with zero attached hydrogens (tertiary/aromatic N) is 3. The summed E-state index contributed by atoms with van der Waals surface area (Å²) in [4.78, 5) is 10.9. The van der Waals surface area contributed by atoms with E-state index < -0.39 is 0 Å². The van der Waals surface area contributed by atoms with Crippen molar-refractivity contribution < 1.29 is 0 Å².